The van der Waals surface area contributed by atoms with Crippen molar-refractivity contribution >= 4 is 17.7 Å². The quantitative estimate of drug-likeness (QED) is 0.766. The van der Waals surface area contributed by atoms with Gasteiger partial charge in [0.15, 0.2) is 5.69 Å². The van der Waals surface area contributed by atoms with Crippen molar-refractivity contribution in [3.8, 4) is 0 Å². The number of H-pyrrole nitrogens is 1. The van der Waals surface area contributed by atoms with E-state index in [9.17, 15) is 14.4 Å². The van der Waals surface area contributed by atoms with Gasteiger partial charge in [0.2, 0.25) is 11.8 Å². The van der Waals surface area contributed by atoms with Crippen molar-refractivity contribution in [1.29, 1.82) is 0 Å². The molecule has 28 heavy (non-hydrogen) atoms. The van der Waals surface area contributed by atoms with E-state index in [0.29, 0.717) is 38.2 Å². The summed E-state index contributed by atoms with van der Waals surface area (Å²) in [4.78, 5) is 41.5. The Balaban J connectivity index is 1.54. The number of carbonyl (C=O) groups is 3. The standard InChI is InChI=1S/C19H28N6O3/c1-2-4-17(26)20-9-16-13-7-12(15-5-3-6-18(27)25(15)16)10-24(11-13)19(28)14-8-21-23-22-14/h8,12-13,15-16H,2-7,9-11H2,1H3,(H,20,26)(H,21,22,23)/t12-,13+,15+,16+/m1/s1. The van der Waals surface area contributed by atoms with Crippen molar-refractivity contribution in [2.75, 3.05) is 19.6 Å². The third kappa shape index (κ3) is 3.49. The molecule has 1 aromatic rings. The number of amides is 3. The average molecular weight is 388 g/mol. The van der Waals surface area contributed by atoms with Crippen LogP contribution in [0.3, 0.4) is 0 Å². The van der Waals surface area contributed by atoms with Gasteiger partial charge < -0.3 is 15.1 Å². The first-order valence-corrected chi connectivity index (χ1v) is 10.3. The van der Waals surface area contributed by atoms with Crippen LogP contribution < -0.4 is 5.32 Å². The number of nitrogens with one attached hydrogen (secondary N) is 2. The Morgan fingerprint density at radius 3 is 2.89 bits per heavy atom. The second-order valence-corrected chi connectivity index (χ2v) is 8.20. The molecule has 9 nitrogen and oxygen atoms in total. The van der Waals surface area contributed by atoms with Crippen LogP contribution in [0.15, 0.2) is 6.20 Å². The molecule has 4 heterocycles. The second kappa shape index (κ2) is 7.89. The van der Waals surface area contributed by atoms with Gasteiger partial charge in [0.05, 0.1) is 12.2 Å². The highest BCUT2D eigenvalue weighted by molar-refractivity contribution is 5.92. The molecule has 0 saturated carbocycles. The first kappa shape index (κ1) is 18.9. The Hall–Kier alpha value is -2.45. The summed E-state index contributed by atoms with van der Waals surface area (Å²) >= 11 is 0. The fraction of sp³-hybridized carbons (Fsp3) is 0.737. The number of aromatic amines is 1. The Morgan fingerprint density at radius 2 is 2.14 bits per heavy atom. The molecule has 2 N–H and O–H groups in total. The molecule has 4 rings (SSSR count). The van der Waals surface area contributed by atoms with Crippen molar-refractivity contribution in [2.24, 2.45) is 11.8 Å². The lowest BCUT2D eigenvalue weighted by molar-refractivity contribution is -0.152. The summed E-state index contributed by atoms with van der Waals surface area (Å²) in [5.41, 5.74) is 0.323. The van der Waals surface area contributed by atoms with Crippen LogP contribution in [-0.4, -0.2) is 74.7 Å². The molecular weight excluding hydrogens is 360 g/mol. The molecule has 9 heteroatoms. The Kier molecular flexibility index (Phi) is 5.32. The molecule has 0 spiro atoms. The topological polar surface area (TPSA) is 111 Å². The van der Waals surface area contributed by atoms with Crippen LogP contribution in [0.25, 0.3) is 0 Å². The molecule has 3 fully saturated rings. The molecule has 3 saturated heterocycles. The van der Waals surface area contributed by atoms with E-state index in [1.807, 2.05) is 16.7 Å². The van der Waals surface area contributed by atoms with Gasteiger partial charge in [-0.25, -0.2) is 0 Å². The second-order valence-electron chi connectivity index (χ2n) is 8.20. The first-order valence-electron chi connectivity index (χ1n) is 10.3. The molecular formula is C19H28N6O3. The van der Waals surface area contributed by atoms with Crippen molar-refractivity contribution in [2.45, 2.75) is 57.5 Å². The summed E-state index contributed by atoms with van der Waals surface area (Å²) in [5, 5.41) is 13.2. The lowest BCUT2D eigenvalue weighted by atomic mass is 9.72. The van der Waals surface area contributed by atoms with Crippen molar-refractivity contribution in [3.63, 3.8) is 0 Å². The maximum atomic E-state index is 12.8. The number of hydrogen-bond acceptors (Lipinski definition) is 5. The normalized spacial score (nSPS) is 29.4. The Morgan fingerprint density at radius 1 is 1.32 bits per heavy atom. The number of piperidine rings is 3. The van der Waals surface area contributed by atoms with Crippen LogP contribution in [0, 0.1) is 11.8 Å². The van der Waals surface area contributed by atoms with Crippen LogP contribution in [0.1, 0.15) is 55.9 Å². The largest absolute Gasteiger partial charge is 0.354 e. The van der Waals surface area contributed by atoms with Gasteiger partial charge in [0.1, 0.15) is 0 Å². The minimum Gasteiger partial charge on any atom is -0.354 e. The molecule has 2 bridgehead atoms. The third-order valence-corrected chi connectivity index (χ3v) is 6.40. The number of likely N-dealkylation sites (tertiary alicyclic amines) is 1. The SMILES string of the molecule is CCCC(=O)NC[C@H]1[C@H]2C[C@H](CN(C(=O)c3cn[nH]n3)C2)[C@@H]2CCCC(=O)N21. The molecule has 0 aromatic carbocycles. The zero-order valence-corrected chi connectivity index (χ0v) is 16.3. The van der Waals surface area contributed by atoms with Gasteiger partial charge in [0.25, 0.3) is 5.91 Å². The highest BCUT2D eigenvalue weighted by atomic mass is 16.2. The van der Waals surface area contributed by atoms with Gasteiger partial charge in [-0.1, -0.05) is 6.92 Å². The van der Waals surface area contributed by atoms with Gasteiger partial charge in [-0.2, -0.15) is 15.4 Å². The van der Waals surface area contributed by atoms with Crippen molar-refractivity contribution in [1.82, 2.24) is 30.5 Å². The zero-order valence-electron chi connectivity index (χ0n) is 16.3. The van der Waals surface area contributed by atoms with Crippen LogP contribution in [0.2, 0.25) is 0 Å². The lowest BCUT2D eigenvalue weighted by Gasteiger charge is -2.56. The molecule has 152 valence electrons. The molecule has 3 amide bonds. The molecule has 0 radical (unpaired) electrons. The summed E-state index contributed by atoms with van der Waals surface area (Å²) in [7, 11) is 0. The molecule has 3 aliphatic rings. The van der Waals surface area contributed by atoms with E-state index in [2.05, 4.69) is 20.7 Å². The van der Waals surface area contributed by atoms with Crippen LogP contribution in [0.5, 0.6) is 0 Å². The number of rotatable bonds is 5. The fourth-order valence-corrected chi connectivity index (χ4v) is 5.20. The maximum absolute atomic E-state index is 12.8. The molecule has 4 atom stereocenters. The van der Waals surface area contributed by atoms with Crippen LogP contribution in [0.4, 0.5) is 0 Å². The fourth-order valence-electron chi connectivity index (χ4n) is 5.20. The summed E-state index contributed by atoms with van der Waals surface area (Å²) in [6.07, 6.45) is 6.18. The van der Waals surface area contributed by atoms with E-state index in [-0.39, 0.29) is 41.6 Å². The zero-order chi connectivity index (χ0) is 19.7. The smallest absolute Gasteiger partial charge is 0.276 e. The van der Waals surface area contributed by atoms with E-state index in [4.69, 9.17) is 0 Å². The summed E-state index contributed by atoms with van der Waals surface area (Å²) in [5.74, 6) is 0.540. The predicted octanol–water partition coefficient (Wildman–Crippen LogP) is 0.563. The number of carbonyl (C=O) groups excluding carboxylic acids is 3. The summed E-state index contributed by atoms with van der Waals surface area (Å²) < 4.78 is 0. The van der Waals surface area contributed by atoms with Gasteiger partial charge >= 0.3 is 0 Å². The number of nitrogens with zero attached hydrogens (tertiary/aromatic N) is 4. The molecule has 0 unspecified atom stereocenters. The van der Waals surface area contributed by atoms with Crippen molar-refractivity contribution < 1.29 is 14.4 Å². The molecule has 1 aromatic heterocycles. The molecule has 3 aliphatic heterocycles. The molecule has 0 aliphatic carbocycles. The van der Waals surface area contributed by atoms with E-state index in [1.165, 1.54) is 6.20 Å². The predicted molar refractivity (Wildman–Crippen MR) is 100 cm³/mol. The minimum absolute atomic E-state index is 0.0250. The van der Waals surface area contributed by atoms with Crippen molar-refractivity contribution in [3.05, 3.63) is 11.9 Å². The van der Waals surface area contributed by atoms with Crippen LogP contribution in [-0.2, 0) is 9.59 Å². The number of aromatic nitrogens is 3. The summed E-state index contributed by atoms with van der Waals surface area (Å²) in [6, 6.07) is 0.0984. The average Bonchev–Trinajstić information content (AvgIpc) is 3.22. The van der Waals surface area contributed by atoms with E-state index >= 15 is 0 Å². The number of hydrogen-bond donors (Lipinski definition) is 2. The highest BCUT2D eigenvalue weighted by Gasteiger charge is 2.50. The summed E-state index contributed by atoms with van der Waals surface area (Å²) in [6.45, 7) is 3.66. The minimum atomic E-state index is -0.118. The third-order valence-electron chi connectivity index (χ3n) is 6.40. The van der Waals surface area contributed by atoms with Gasteiger partial charge in [-0.05, 0) is 37.5 Å². The van der Waals surface area contributed by atoms with E-state index < -0.39 is 0 Å². The van der Waals surface area contributed by atoms with Gasteiger partial charge in [-0.15, -0.1) is 0 Å². The lowest BCUT2D eigenvalue weighted by Crippen LogP contribution is -2.67. The highest BCUT2D eigenvalue weighted by Crippen LogP contribution is 2.41. The maximum Gasteiger partial charge on any atom is 0.276 e. The van der Waals surface area contributed by atoms with E-state index in [1.54, 1.807) is 0 Å². The number of fused-ring (bicyclic) bond motifs is 4. The van der Waals surface area contributed by atoms with Crippen LogP contribution >= 0.6 is 0 Å². The van der Waals surface area contributed by atoms with E-state index in [0.717, 1.165) is 25.7 Å². The van der Waals surface area contributed by atoms with Gasteiger partial charge in [-0.3, -0.25) is 14.4 Å². The Labute approximate surface area is 164 Å². The first-order chi connectivity index (χ1) is 13.6. The monoisotopic (exact) mass is 388 g/mol. The van der Waals surface area contributed by atoms with Gasteiger partial charge in [0, 0.05) is 38.5 Å². The Bertz CT molecular complexity index is 736.